The number of hydrogen-bond donors (Lipinski definition) is 2. The zero-order chi connectivity index (χ0) is 12.8. The lowest BCUT2D eigenvalue weighted by molar-refractivity contribution is -0.122. The highest BCUT2D eigenvalue weighted by Crippen LogP contribution is 2.13. The molecule has 0 spiro atoms. The average molecular weight is 248 g/mol. The molecule has 0 saturated carbocycles. The molecule has 1 amide bonds. The van der Waals surface area contributed by atoms with Gasteiger partial charge in [-0.05, 0) is 24.3 Å². The van der Waals surface area contributed by atoms with Crippen LogP contribution >= 0.6 is 0 Å². The Labute approximate surface area is 108 Å². The second-order valence-corrected chi connectivity index (χ2v) is 4.72. The van der Waals surface area contributed by atoms with Gasteiger partial charge in [0.2, 0.25) is 5.91 Å². The Bertz CT molecular complexity index is 375. The van der Waals surface area contributed by atoms with E-state index in [9.17, 15) is 4.79 Å². The summed E-state index contributed by atoms with van der Waals surface area (Å²) < 4.78 is 5.38. The van der Waals surface area contributed by atoms with Crippen LogP contribution in [-0.4, -0.2) is 25.7 Å². The predicted molar refractivity (Wildman–Crippen MR) is 69.9 cm³/mol. The van der Waals surface area contributed by atoms with Crippen molar-refractivity contribution in [1.82, 2.24) is 5.32 Å². The summed E-state index contributed by atoms with van der Waals surface area (Å²) in [6.45, 7) is 2.23. The van der Waals surface area contributed by atoms with Gasteiger partial charge < -0.3 is 15.8 Å². The molecule has 98 valence electrons. The summed E-state index contributed by atoms with van der Waals surface area (Å²) >= 11 is 0. The Kier molecular flexibility index (Phi) is 4.73. The number of carbonyl (C=O) groups excluding carboxylic acids is 1. The van der Waals surface area contributed by atoms with Crippen LogP contribution < -0.4 is 11.1 Å². The fourth-order valence-electron chi connectivity index (χ4n) is 2.14. The molecule has 3 N–H and O–H groups in total. The quantitative estimate of drug-likeness (QED) is 0.842. The van der Waals surface area contributed by atoms with Crippen molar-refractivity contribution in [2.24, 2.45) is 11.7 Å². The van der Waals surface area contributed by atoms with Gasteiger partial charge in [-0.2, -0.15) is 0 Å². The summed E-state index contributed by atoms with van der Waals surface area (Å²) in [5, 5.41) is 2.91. The number of hydrogen-bond acceptors (Lipinski definition) is 3. The lowest BCUT2D eigenvalue weighted by Crippen LogP contribution is -2.38. The van der Waals surface area contributed by atoms with Crippen LogP contribution in [0, 0.1) is 5.92 Å². The summed E-state index contributed by atoms with van der Waals surface area (Å²) in [4.78, 5) is 11.9. The molecule has 0 aromatic heterocycles. The Hall–Kier alpha value is -1.39. The first-order valence-corrected chi connectivity index (χ1v) is 6.43. The maximum Gasteiger partial charge on any atom is 0.241 e. The van der Waals surface area contributed by atoms with Gasteiger partial charge in [0.1, 0.15) is 6.04 Å². The SMILES string of the molecule is N[C@H](C(=O)NCC1CCCOC1)c1ccccc1. The van der Waals surface area contributed by atoms with Gasteiger partial charge >= 0.3 is 0 Å². The number of amides is 1. The molecule has 1 aromatic rings. The van der Waals surface area contributed by atoms with Crippen LogP contribution in [0.1, 0.15) is 24.4 Å². The van der Waals surface area contributed by atoms with E-state index in [-0.39, 0.29) is 5.91 Å². The lowest BCUT2D eigenvalue weighted by atomic mass is 10.0. The Balaban J connectivity index is 1.80. The van der Waals surface area contributed by atoms with E-state index >= 15 is 0 Å². The van der Waals surface area contributed by atoms with Crippen molar-refractivity contribution in [2.75, 3.05) is 19.8 Å². The molecule has 1 heterocycles. The molecule has 1 saturated heterocycles. The molecule has 2 rings (SSSR count). The topological polar surface area (TPSA) is 64.4 Å². The van der Waals surface area contributed by atoms with Gasteiger partial charge in [0.05, 0.1) is 6.61 Å². The van der Waals surface area contributed by atoms with Crippen LogP contribution in [0.25, 0.3) is 0 Å². The fraction of sp³-hybridized carbons (Fsp3) is 0.500. The van der Waals surface area contributed by atoms with Crippen molar-refractivity contribution in [1.29, 1.82) is 0 Å². The van der Waals surface area contributed by atoms with Gasteiger partial charge in [0, 0.05) is 13.2 Å². The van der Waals surface area contributed by atoms with E-state index in [1.54, 1.807) is 0 Å². The number of ether oxygens (including phenoxy) is 1. The van der Waals surface area contributed by atoms with Gasteiger partial charge in [0.25, 0.3) is 0 Å². The normalized spacial score (nSPS) is 21.3. The molecule has 18 heavy (non-hydrogen) atoms. The number of nitrogens with two attached hydrogens (primary N) is 1. The van der Waals surface area contributed by atoms with Crippen LogP contribution in [0.5, 0.6) is 0 Å². The summed E-state index contributed by atoms with van der Waals surface area (Å²) in [5.74, 6) is 0.303. The monoisotopic (exact) mass is 248 g/mol. The fourth-order valence-corrected chi connectivity index (χ4v) is 2.14. The van der Waals surface area contributed by atoms with E-state index in [1.165, 1.54) is 0 Å². The highest BCUT2D eigenvalue weighted by Gasteiger charge is 2.18. The average Bonchev–Trinajstić information content (AvgIpc) is 2.46. The van der Waals surface area contributed by atoms with Crippen LogP contribution in [0.4, 0.5) is 0 Å². The van der Waals surface area contributed by atoms with E-state index in [4.69, 9.17) is 10.5 Å². The minimum Gasteiger partial charge on any atom is -0.381 e. The summed E-state index contributed by atoms with van der Waals surface area (Å²) in [7, 11) is 0. The van der Waals surface area contributed by atoms with E-state index < -0.39 is 6.04 Å². The minimum absolute atomic E-state index is 0.119. The summed E-state index contributed by atoms with van der Waals surface area (Å²) in [6, 6.07) is 8.83. The van der Waals surface area contributed by atoms with E-state index in [1.807, 2.05) is 30.3 Å². The number of rotatable bonds is 4. The molecular formula is C14H20N2O2. The Morgan fingerprint density at radius 2 is 2.22 bits per heavy atom. The van der Waals surface area contributed by atoms with Crippen molar-refractivity contribution < 1.29 is 9.53 Å². The minimum atomic E-state index is -0.587. The number of carbonyl (C=O) groups is 1. The first-order chi connectivity index (χ1) is 8.77. The van der Waals surface area contributed by atoms with E-state index in [2.05, 4.69) is 5.32 Å². The maximum absolute atomic E-state index is 11.9. The van der Waals surface area contributed by atoms with Crippen molar-refractivity contribution in [3.63, 3.8) is 0 Å². The van der Waals surface area contributed by atoms with Crippen LogP contribution in [0.2, 0.25) is 0 Å². The predicted octanol–water partition coefficient (Wildman–Crippen LogP) is 1.23. The second kappa shape index (κ2) is 6.52. The first-order valence-electron chi connectivity index (χ1n) is 6.43. The van der Waals surface area contributed by atoms with Crippen molar-refractivity contribution in [3.8, 4) is 0 Å². The molecule has 0 aliphatic carbocycles. The molecule has 2 atom stereocenters. The maximum atomic E-state index is 11.9. The van der Waals surface area contributed by atoms with Gasteiger partial charge in [-0.3, -0.25) is 4.79 Å². The zero-order valence-corrected chi connectivity index (χ0v) is 10.5. The highest BCUT2D eigenvalue weighted by atomic mass is 16.5. The highest BCUT2D eigenvalue weighted by molar-refractivity contribution is 5.82. The smallest absolute Gasteiger partial charge is 0.241 e. The third kappa shape index (κ3) is 3.55. The second-order valence-electron chi connectivity index (χ2n) is 4.72. The first kappa shape index (κ1) is 13.1. The number of benzene rings is 1. The van der Waals surface area contributed by atoms with Gasteiger partial charge in [-0.25, -0.2) is 0 Å². The Morgan fingerprint density at radius 1 is 1.44 bits per heavy atom. The zero-order valence-electron chi connectivity index (χ0n) is 10.5. The van der Waals surface area contributed by atoms with Gasteiger partial charge in [-0.15, -0.1) is 0 Å². The van der Waals surface area contributed by atoms with Crippen molar-refractivity contribution >= 4 is 5.91 Å². The van der Waals surface area contributed by atoms with Crippen LogP contribution in [0.15, 0.2) is 30.3 Å². The number of nitrogens with one attached hydrogen (secondary N) is 1. The van der Waals surface area contributed by atoms with E-state index in [0.29, 0.717) is 12.5 Å². The van der Waals surface area contributed by atoms with Crippen LogP contribution in [-0.2, 0) is 9.53 Å². The molecule has 4 heteroatoms. The van der Waals surface area contributed by atoms with Gasteiger partial charge in [0.15, 0.2) is 0 Å². The molecule has 1 fully saturated rings. The van der Waals surface area contributed by atoms with E-state index in [0.717, 1.165) is 31.6 Å². The molecule has 4 nitrogen and oxygen atoms in total. The van der Waals surface area contributed by atoms with Crippen LogP contribution in [0.3, 0.4) is 0 Å². The molecule has 0 radical (unpaired) electrons. The third-order valence-electron chi connectivity index (χ3n) is 3.26. The summed E-state index contributed by atoms with van der Waals surface area (Å²) in [6.07, 6.45) is 2.19. The molecule has 1 aliphatic rings. The molecule has 1 aromatic carbocycles. The molecule has 1 unspecified atom stereocenters. The summed E-state index contributed by atoms with van der Waals surface area (Å²) in [5.41, 5.74) is 6.75. The lowest BCUT2D eigenvalue weighted by Gasteiger charge is -2.23. The molecule has 0 bridgehead atoms. The van der Waals surface area contributed by atoms with Gasteiger partial charge in [-0.1, -0.05) is 30.3 Å². The molecular weight excluding hydrogens is 228 g/mol. The standard InChI is InChI=1S/C14H20N2O2/c15-13(12-6-2-1-3-7-12)14(17)16-9-11-5-4-8-18-10-11/h1-3,6-7,11,13H,4-5,8-10,15H2,(H,16,17)/t11?,13-/m0/s1. The van der Waals surface area contributed by atoms with Crippen molar-refractivity contribution in [3.05, 3.63) is 35.9 Å². The largest absolute Gasteiger partial charge is 0.381 e. The van der Waals surface area contributed by atoms with Crippen molar-refractivity contribution in [2.45, 2.75) is 18.9 Å². The third-order valence-corrected chi connectivity index (χ3v) is 3.26. The Morgan fingerprint density at radius 3 is 2.89 bits per heavy atom. The molecule has 1 aliphatic heterocycles.